The molecule has 0 aliphatic carbocycles. The average molecular weight is 341 g/mol. The standard InChI is InChI=1S/C15H14ClFN2O4/c1-21-15(20)19(22-2)13-6-4-3-5-10(13)9-23-14-12(17)7-11(16)8-18-14/h3-8H,9H2,1-2H3. The first kappa shape index (κ1) is 17.0. The van der Waals surface area contributed by atoms with Crippen LogP contribution in [0.5, 0.6) is 5.88 Å². The molecule has 1 aromatic heterocycles. The minimum atomic E-state index is -0.698. The van der Waals surface area contributed by atoms with Crippen LogP contribution in [0.2, 0.25) is 5.02 Å². The summed E-state index contributed by atoms with van der Waals surface area (Å²) >= 11 is 5.64. The number of anilines is 1. The fraction of sp³-hybridized carbons (Fsp3) is 0.200. The summed E-state index contributed by atoms with van der Waals surface area (Å²) in [6.07, 6.45) is 0.581. The summed E-state index contributed by atoms with van der Waals surface area (Å²) in [7, 11) is 2.56. The van der Waals surface area contributed by atoms with Gasteiger partial charge in [-0.25, -0.2) is 14.2 Å². The highest BCUT2D eigenvalue weighted by Gasteiger charge is 2.19. The Bertz CT molecular complexity index is 699. The number of carbonyl (C=O) groups excluding carboxylic acids is 1. The van der Waals surface area contributed by atoms with E-state index in [2.05, 4.69) is 9.72 Å². The van der Waals surface area contributed by atoms with Crippen molar-refractivity contribution in [3.63, 3.8) is 0 Å². The van der Waals surface area contributed by atoms with Crippen LogP contribution in [0.15, 0.2) is 36.5 Å². The van der Waals surface area contributed by atoms with Crippen LogP contribution in [0.3, 0.4) is 0 Å². The van der Waals surface area contributed by atoms with Gasteiger partial charge in [-0.05, 0) is 12.1 Å². The van der Waals surface area contributed by atoms with Crippen LogP contribution >= 0.6 is 11.6 Å². The lowest BCUT2D eigenvalue weighted by Crippen LogP contribution is -2.30. The maximum atomic E-state index is 13.7. The van der Waals surface area contributed by atoms with Gasteiger partial charge in [0.25, 0.3) is 5.88 Å². The number of hydroxylamine groups is 1. The van der Waals surface area contributed by atoms with Gasteiger partial charge in [0.05, 0.1) is 24.9 Å². The second-order valence-electron chi connectivity index (χ2n) is 4.30. The maximum Gasteiger partial charge on any atom is 0.438 e. The first-order valence-electron chi connectivity index (χ1n) is 6.50. The van der Waals surface area contributed by atoms with Crippen LogP contribution < -0.4 is 9.80 Å². The highest BCUT2D eigenvalue weighted by Crippen LogP contribution is 2.24. The quantitative estimate of drug-likeness (QED) is 0.778. The molecule has 8 heteroatoms. The van der Waals surface area contributed by atoms with Crippen LogP contribution in [-0.2, 0) is 16.2 Å². The molecule has 0 unspecified atom stereocenters. The highest BCUT2D eigenvalue weighted by molar-refractivity contribution is 6.30. The molecule has 2 aromatic rings. The van der Waals surface area contributed by atoms with E-state index < -0.39 is 11.9 Å². The number of halogens is 2. The summed E-state index contributed by atoms with van der Waals surface area (Å²) in [4.78, 5) is 20.5. The Balaban J connectivity index is 2.22. The molecular formula is C15H14ClFN2O4. The van der Waals surface area contributed by atoms with Gasteiger partial charge in [-0.1, -0.05) is 29.8 Å². The van der Waals surface area contributed by atoms with E-state index >= 15 is 0 Å². The number of aromatic nitrogens is 1. The summed E-state index contributed by atoms with van der Waals surface area (Å²) in [5, 5.41) is 1.14. The molecule has 0 atom stereocenters. The number of pyridine rings is 1. The Morgan fingerprint density at radius 1 is 1.35 bits per heavy atom. The van der Waals surface area contributed by atoms with Crippen molar-refractivity contribution in [1.29, 1.82) is 0 Å². The predicted molar refractivity (Wildman–Crippen MR) is 81.9 cm³/mol. The molecule has 0 aliphatic rings. The monoisotopic (exact) mass is 340 g/mol. The summed E-state index contributed by atoms with van der Waals surface area (Å²) < 4.78 is 23.7. The van der Waals surface area contributed by atoms with E-state index in [-0.39, 0.29) is 17.5 Å². The maximum absolute atomic E-state index is 13.7. The Hall–Kier alpha value is -2.38. The molecule has 1 heterocycles. The van der Waals surface area contributed by atoms with Gasteiger partial charge in [0, 0.05) is 11.8 Å². The number of hydrogen-bond acceptors (Lipinski definition) is 5. The number of carbonyl (C=O) groups is 1. The zero-order chi connectivity index (χ0) is 16.8. The second kappa shape index (κ2) is 7.75. The van der Waals surface area contributed by atoms with E-state index in [1.54, 1.807) is 24.3 Å². The molecule has 1 amide bonds. The van der Waals surface area contributed by atoms with Gasteiger partial charge in [0.2, 0.25) is 0 Å². The van der Waals surface area contributed by atoms with Crippen molar-refractivity contribution in [3.8, 4) is 5.88 Å². The molecule has 0 radical (unpaired) electrons. The molecule has 0 bridgehead atoms. The van der Waals surface area contributed by atoms with Gasteiger partial charge in [-0.15, -0.1) is 0 Å². The lowest BCUT2D eigenvalue weighted by atomic mass is 10.2. The van der Waals surface area contributed by atoms with Crippen LogP contribution in [0, 0.1) is 5.82 Å². The number of amides is 1. The molecular weight excluding hydrogens is 327 g/mol. The number of methoxy groups -OCH3 is 1. The van der Waals surface area contributed by atoms with Crippen molar-refractivity contribution in [2.45, 2.75) is 6.61 Å². The molecule has 0 saturated carbocycles. The largest absolute Gasteiger partial charge is 0.471 e. The lowest BCUT2D eigenvalue weighted by Gasteiger charge is -2.21. The smallest absolute Gasteiger partial charge is 0.438 e. The third kappa shape index (κ3) is 4.08. The van der Waals surface area contributed by atoms with Crippen LogP contribution in [-0.4, -0.2) is 25.3 Å². The molecule has 6 nitrogen and oxygen atoms in total. The van der Waals surface area contributed by atoms with E-state index in [9.17, 15) is 9.18 Å². The minimum Gasteiger partial charge on any atom is -0.471 e. The van der Waals surface area contributed by atoms with Crippen LogP contribution in [0.1, 0.15) is 5.56 Å². The number of ether oxygens (including phenoxy) is 2. The Kier molecular flexibility index (Phi) is 5.72. The molecule has 0 saturated heterocycles. The third-order valence-corrected chi connectivity index (χ3v) is 3.08. The molecule has 1 aromatic carbocycles. The van der Waals surface area contributed by atoms with Crippen LogP contribution in [0.4, 0.5) is 14.9 Å². The topological polar surface area (TPSA) is 60.9 Å². The Morgan fingerprint density at radius 3 is 2.74 bits per heavy atom. The van der Waals surface area contributed by atoms with Crippen molar-refractivity contribution in [2.24, 2.45) is 0 Å². The summed E-state index contributed by atoms with van der Waals surface area (Å²) in [6.45, 7) is -0.0292. The zero-order valence-corrected chi connectivity index (χ0v) is 13.2. The fourth-order valence-corrected chi connectivity index (χ4v) is 1.98. The Morgan fingerprint density at radius 2 is 2.09 bits per heavy atom. The van der Waals surface area contributed by atoms with Gasteiger partial charge < -0.3 is 9.47 Å². The number of benzene rings is 1. The number of para-hydroxylation sites is 1. The Labute approximate surface area is 137 Å². The van der Waals surface area contributed by atoms with E-state index in [4.69, 9.17) is 21.2 Å². The number of rotatable bonds is 5. The number of hydrogen-bond donors (Lipinski definition) is 0. The van der Waals surface area contributed by atoms with Gasteiger partial charge in [0.1, 0.15) is 6.61 Å². The first-order chi connectivity index (χ1) is 11.1. The minimum absolute atomic E-state index is 0.0292. The zero-order valence-electron chi connectivity index (χ0n) is 12.5. The van der Waals surface area contributed by atoms with Crippen molar-refractivity contribution < 1.29 is 23.5 Å². The third-order valence-electron chi connectivity index (χ3n) is 2.87. The van der Waals surface area contributed by atoms with E-state index in [1.165, 1.54) is 20.4 Å². The van der Waals surface area contributed by atoms with Crippen molar-refractivity contribution in [3.05, 3.63) is 52.9 Å². The molecule has 122 valence electrons. The predicted octanol–water partition coefficient (Wildman–Crippen LogP) is 3.59. The van der Waals surface area contributed by atoms with E-state index in [0.29, 0.717) is 11.3 Å². The lowest BCUT2D eigenvalue weighted by molar-refractivity contribution is 0.115. The molecule has 23 heavy (non-hydrogen) atoms. The van der Waals surface area contributed by atoms with Crippen molar-refractivity contribution in [2.75, 3.05) is 19.3 Å². The van der Waals surface area contributed by atoms with Crippen LogP contribution in [0.25, 0.3) is 0 Å². The van der Waals surface area contributed by atoms with Gasteiger partial charge in [-0.3, -0.25) is 4.84 Å². The van der Waals surface area contributed by atoms with E-state index in [1.807, 2.05) is 0 Å². The second-order valence-corrected chi connectivity index (χ2v) is 4.74. The fourth-order valence-electron chi connectivity index (χ4n) is 1.84. The molecule has 0 N–H and O–H groups in total. The SMILES string of the molecule is COC(=O)N(OC)c1ccccc1COc1ncc(Cl)cc1F. The van der Waals surface area contributed by atoms with Gasteiger partial charge in [-0.2, -0.15) is 5.06 Å². The van der Waals surface area contributed by atoms with E-state index in [0.717, 1.165) is 11.1 Å². The van der Waals surface area contributed by atoms with Crippen molar-refractivity contribution >= 4 is 23.4 Å². The molecule has 0 fully saturated rings. The summed E-state index contributed by atoms with van der Waals surface area (Å²) in [5.74, 6) is -0.863. The number of nitrogens with zero attached hydrogens (tertiary/aromatic N) is 2. The average Bonchev–Trinajstić information content (AvgIpc) is 2.55. The molecule has 2 rings (SSSR count). The van der Waals surface area contributed by atoms with Gasteiger partial charge in [0.15, 0.2) is 5.82 Å². The summed E-state index contributed by atoms with van der Waals surface area (Å²) in [6, 6.07) is 7.92. The highest BCUT2D eigenvalue weighted by atomic mass is 35.5. The molecule has 0 aliphatic heterocycles. The molecule has 0 spiro atoms. The normalized spacial score (nSPS) is 10.3. The van der Waals surface area contributed by atoms with Gasteiger partial charge >= 0.3 is 6.09 Å². The van der Waals surface area contributed by atoms with Crippen molar-refractivity contribution in [1.82, 2.24) is 4.98 Å². The summed E-state index contributed by atoms with van der Waals surface area (Å²) in [5.41, 5.74) is 0.993. The first-order valence-corrected chi connectivity index (χ1v) is 6.88.